The Kier molecular flexibility index (Phi) is 5.57. The van der Waals surface area contributed by atoms with Crippen LogP contribution >= 0.6 is 47.3 Å². The number of benzene rings is 1. The molecular weight excluding hydrogens is 362 g/mol. The molecule has 1 aromatic carbocycles. The van der Waals surface area contributed by atoms with Crippen LogP contribution in [0.15, 0.2) is 38.8 Å². The van der Waals surface area contributed by atoms with E-state index in [0.717, 1.165) is 28.8 Å². The van der Waals surface area contributed by atoms with Crippen molar-refractivity contribution in [3.05, 3.63) is 40.2 Å². The van der Waals surface area contributed by atoms with E-state index < -0.39 is 0 Å². The summed E-state index contributed by atoms with van der Waals surface area (Å²) in [6.45, 7) is 6.90. The van der Waals surface area contributed by atoms with Gasteiger partial charge in [-0.15, -0.1) is 35.7 Å². The number of nitrogens with zero attached hydrogens (tertiary/aromatic N) is 1. The van der Waals surface area contributed by atoms with Crippen molar-refractivity contribution in [3.8, 4) is 0 Å². The molecule has 1 aliphatic rings. The van der Waals surface area contributed by atoms with E-state index in [4.69, 9.17) is 11.6 Å². The molecule has 124 valence electrons. The van der Waals surface area contributed by atoms with Gasteiger partial charge in [0.25, 0.3) is 0 Å². The summed E-state index contributed by atoms with van der Waals surface area (Å²) in [5, 5.41) is 2.96. The van der Waals surface area contributed by atoms with Gasteiger partial charge in [0.2, 0.25) is 0 Å². The van der Waals surface area contributed by atoms with Crippen molar-refractivity contribution in [2.45, 2.75) is 41.5 Å². The molecule has 0 amide bonds. The molecule has 0 unspecified atom stereocenters. The lowest BCUT2D eigenvalue weighted by molar-refractivity contribution is 0.279. The average molecular weight is 384 g/mol. The van der Waals surface area contributed by atoms with Crippen molar-refractivity contribution < 1.29 is 0 Å². The second-order valence-corrected chi connectivity index (χ2v) is 9.92. The molecule has 0 atom stereocenters. The smallest absolute Gasteiger partial charge is 0.0642 e. The molecule has 1 saturated heterocycles. The maximum absolute atomic E-state index is 6.56. The second kappa shape index (κ2) is 7.30. The van der Waals surface area contributed by atoms with Gasteiger partial charge < -0.3 is 4.90 Å². The Labute approximate surface area is 157 Å². The highest BCUT2D eigenvalue weighted by atomic mass is 35.5. The monoisotopic (exact) mass is 383 g/mol. The first-order chi connectivity index (χ1) is 10.9. The van der Waals surface area contributed by atoms with E-state index in [0.29, 0.717) is 5.41 Å². The Morgan fingerprint density at radius 3 is 2.70 bits per heavy atom. The van der Waals surface area contributed by atoms with Crippen LogP contribution < -0.4 is 4.90 Å². The third-order valence-corrected chi connectivity index (χ3v) is 7.39. The predicted molar refractivity (Wildman–Crippen MR) is 108 cm³/mol. The number of hydrogen-bond acceptors (Lipinski definition) is 4. The third kappa shape index (κ3) is 4.41. The van der Waals surface area contributed by atoms with Gasteiger partial charge in [-0.25, -0.2) is 0 Å². The Bertz CT molecular complexity index is 671. The van der Waals surface area contributed by atoms with Crippen LogP contribution in [0.5, 0.6) is 0 Å². The minimum absolute atomic E-state index is 0.451. The summed E-state index contributed by atoms with van der Waals surface area (Å²) < 4.78 is 1.31. The third-order valence-electron chi connectivity index (χ3n) is 4.44. The number of halogens is 1. The molecule has 1 fully saturated rings. The van der Waals surface area contributed by atoms with Crippen LogP contribution in [-0.4, -0.2) is 13.1 Å². The van der Waals surface area contributed by atoms with Crippen LogP contribution in [0.4, 0.5) is 5.69 Å². The second-order valence-electron chi connectivity index (χ2n) is 6.81. The highest BCUT2D eigenvalue weighted by Gasteiger charge is 2.27. The molecule has 23 heavy (non-hydrogen) atoms. The van der Waals surface area contributed by atoms with Crippen molar-refractivity contribution in [2.75, 3.05) is 18.0 Å². The minimum Gasteiger partial charge on any atom is -0.370 e. The van der Waals surface area contributed by atoms with Gasteiger partial charge >= 0.3 is 0 Å². The molecule has 5 heteroatoms. The molecule has 0 saturated carbocycles. The van der Waals surface area contributed by atoms with E-state index in [1.807, 2.05) is 17.8 Å². The number of thiophene rings is 1. The standard InChI is InChI=1S/C18H22ClNS3/c1-18(2)6-8-20(9-7-18)17-13(4-3-5-15(17)19)11-22-16-10-14(21)12-23-16/h3-5,10,12,21H,6-9,11H2,1-2H3. The van der Waals surface area contributed by atoms with Gasteiger partial charge in [-0.05, 0) is 36.0 Å². The molecular formula is C18H22ClNS3. The Morgan fingerprint density at radius 1 is 1.30 bits per heavy atom. The normalized spacial score (nSPS) is 17.5. The van der Waals surface area contributed by atoms with Gasteiger partial charge in [-0.2, -0.15) is 0 Å². The molecule has 1 aliphatic heterocycles. The molecule has 1 aromatic heterocycles. The zero-order chi connectivity index (χ0) is 16.4. The predicted octanol–water partition coefficient (Wildman–Crippen LogP) is 6.61. The van der Waals surface area contributed by atoms with Crippen LogP contribution in [0.25, 0.3) is 0 Å². The maximum atomic E-state index is 6.56. The van der Waals surface area contributed by atoms with Gasteiger partial charge in [0.15, 0.2) is 0 Å². The van der Waals surface area contributed by atoms with E-state index in [9.17, 15) is 0 Å². The SMILES string of the molecule is CC1(C)CCN(c2c(Cl)cccc2CSc2cc(S)cs2)CC1. The summed E-state index contributed by atoms with van der Waals surface area (Å²) in [6, 6.07) is 8.42. The number of hydrogen-bond donors (Lipinski definition) is 1. The molecule has 0 bridgehead atoms. The number of anilines is 1. The first-order valence-electron chi connectivity index (χ1n) is 7.87. The fourth-order valence-corrected chi connectivity index (χ4v) is 5.51. The Balaban J connectivity index is 1.77. The number of piperidine rings is 1. The molecule has 2 heterocycles. The summed E-state index contributed by atoms with van der Waals surface area (Å²) in [5.41, 5.74) is 3.02. The lowest BCUT2D eigenvalue weighted by Gasteiger charge is -2.39. The molecule has 1 nitrogen and oxygen atoms in total. The van der Waals surface area contributed by atoms with Crippen molar-refractivity contribution in [1.29, 1.82) is 0 Å². The highest BCUT2D eigenvalue weighted by molar-refractivity contribution is 8.00. The van der Waals surface area contributed by atoms with E-state index in [1.54, 1.807) is 11.3 Å². The van der Waals surface area contributed by atoms with E-state index in [2.05, 4.69) is 55.0 Å². The Hall–Kier alpha value is -0.290. The summed E-state index contributed by atoms with van der Waals surface area (Å²) in [7, 11) is 0. The zero-order valence-electron chi connectivity index (χ0n) is 13.5. The summed E-state index contributed by atoms with van der Waals surface area (Å²) in [4.78, 5) is 3.52. The Morgan fingerprint density at radius 2 is 2.04 bits per heavy atom. The zero-order valence-corrected chi connectivity index (χ0v) is 16.8. The highest BCUT2D eigenvalue weighted by Crippen LogP contribution is 2.39. The average Bonchev–Trinajstić information content (AvgIpc) is 2.92. The minimum atomic E-state index is 0.451. The number of thiol groups is 1. The fourth-order valence-electron chi connectivity index (χ4n) is 2.90. The van der Waals surface area contributed by atoms with Gasteiger partial charge in [0.1, 0.15) is 0 Å². The summed E-state index contributed by atoms with van der Waals surface area (Å²) >= 11 is 14.6. The van der Waals surface area contributed by atoms with E-state index >= 15 is 0 Å². The quantitative estimate of drug-likeness (QED) is 0.467. The molecule has 0 spiro atoms. The van der Waals surface area contributed by atoms with Crippen molar-refractivity contribution in [3.63, 3.8) is 0 Å². The lowest BCUT2D eigenvalue weighted by Crippen LogP contribution is -2.37. The van der Waals surface area contributed by atoms with E-state index in [1.165, 1.54) is 28.3 Å². The van der Waals surface area contributed by atoms with Crippen LogP contribution in [0, 0.1) is 5.41 Å². The van der Waals surface area contributed by atoms with Gasteiger partial charge in [0, 0.05) is 29.1 Å². The van der Waals surface area contributed by atoms with E-state index in [-0.39, 0.29) is 0 Å². The number of para-hydroxylation sites is 1. The summed E-state index contributed by atoms with van der Waals surface area (Å²) in [5.74, 6) is 0.948. The fraction of sp³-hybridized carbons (Fsp3) is 0.444. The van der Waals surface area contributed by atoms with Crippen LogP contribution in [-0.2, 0) is 5.75 Å². The first kappa shape index (κ1) is 17.5. The van der Waals surface area contributed by atoms with Crippen molar-refractivity contribution in [2.24, 2.45) is 5.41 Å². The van der Waals surface area contributed by atoms with Crippen LogP contribution in [0.1, 0.15) is 32.3 Å². The molecule has 0 N–H and O–H groups in total. The molecule has 2 aromatic rings. The first-order valence-corrected chi connectivity index (χ1v) is 10.6. The van der Waals surface area contributed by atoms with Crippen molar-refractivity contribution in [1.82, 2.24) is 0 Å². The topological polar surface area (TPSA) is 3.24 Å². The number of thioether (sulfide) groups is 1. The number of rotatable bonds is 4. The van der Waals surface area contributed by atoms with Crippen LogP contribution in [0.2, 0.25) is 5.02 Å². The van der Waals surface area contributed by atoms with Gasteiger partial charge in [0.05, 0.1) is 14.9 Å². The largest absolute Gasteiger partial charge is 0.370 e. The molecule has 0 aliphatic carbocycles. The maximum Gasteiger partial charge on any atom is 0.0642 e. The summed E-state index contributed by atoms with van der Waals surface area (Å²) in [6.07, 6.45) is 2.44. The molecule has 0 radical (unpaired) electrons. The van der Waals surface area contributed by atoms with Crippen molar-refractivity contribution >= 4 is 53.0 Å². The van der Waals surface area contributed by atoms with Gasteiger partial charge in [-0.3, -0.25) is 0 Å². The van der Waals surface area contributed by atoms with Crippen LogP contribution in [0.3, 0.4) is 0 Å². The molecule has 3 rings (SSSR count). The van der Waals surface area contributed by atoms with Gasteiger partial charge in [-0.1, -0.05) is 37.6 Å². The lowest BCUT2D eigenvalue weighted by atomic mass is 9.82.